The third-order valence-corrected chi connectivity index (χ3v) is 9.55. The lowest BCUT2D eigenvalue weighted by molar-refractivity contribution is -0.0489. The molecule has 3 aromatic rings. The number of nitrogens with one attached hydrogen (secondary N) is 1. The fraction of sp³-hybridized carbons (Fsp3) is 0.294. The van der Waals surface area contributed by atoms with Crippen molar-refractivity contribution in [2.45, 2.75) is 24.9 Å². The first kappa shape index (κ1) is 31.4. The Bertz CT molecular complexity index is 1690. The topological polar surface area (TPSA) is 311 Å². The number of fused-ring (bicyclic) bond motifs is 1. The van der Waals surface area contributed by atoms with Crippen molar-refractivity contribution in [1.29, 1.82) is 0 Å². The lowest BCUT2D eigenvalue weighted by Gasteiger charge is -2.21. The average molecular weight is 705 g/mol. The SMILES string of the molecule is Nc1nc2c(ncn2C2CC(OC(=O)c3cc(Br)ccc3N)C(COP(=O)(O)OP(=O)(O)OP(=O)(O)O)O2)c(=O)[nH]1. The quantitative estimate of drug-likeness (QED) is 0.0875. The number of phosphoric acid groups is 3. The van der Waals surface area contributed by atoms with Crippen LogP contribution in [0.3, 0.4) is 0 Å². The van der Waals surface area contributed by atoms with Gasteiger partial charge in [-0.25, -0.2) is 23.5 Å². The Hall–Kier alpha value is -2.51. The van der Waals surface area contributed by atoms with Crippen molar-refractivity contribution in [3.8, 4) is 0 Å². The average Bonchev–Trinajstić information content (AvgIpc) is 3.41. The minimum atomic E-state index is -5.78. The molecular formula is C17H20BrN6O14P3. The molecule has 0 bridgehead atoms. The van der Waals surface area contributed by atoms with E-state index in [9.17, 15) is 33.1 Å². The summed E-state index contributed by atoms with van der Waals surface area (Å²) in [5.74, 6) is -1.16. The van der Waals surface area contributed by atoms with E-state index in [4.69, 9.17) is 30.7 Å². The number of aromatic amines is 1. The molecule has 0 radical (unpaired) electrons. The predicted molar refractivity (Wildman–Crippen MR) is 139 cm³/mol. The molecule has 9 N–H and O–H groups in total. The Balaban J connectivity index is 1.58. The second kappa shape index (κ2) is 11.6. The number of anilines is 2. The van der Waals surface area contributed by atoms with E-state index < -0.39 is 60.0 Å². The number of esters is 1. The summed E-state index contributed by atoms with van der Waals surface area (Å²) in [5.41, 5.74) is 10.8. The molecule has 0 aliphatic carbocycles. The molecule has 1 aliphatic heterocycles. The van der Waals surface area contributed by atoms with E-state index in [2.05, 4.69) is 44.0 Å². The highest BCUT2D eigenvalue weighted by Crippen LogP contribution is 2.66. The van der Waals surface area contributed by atoms with Crippen molar-refractivity contribution in [3.63, 3.8) is 0 Å². The number of hydrogen-bond acceptors (Lipinski definition) is 14. The van der Waals surface area contributed by atoms with Gasteiger partial charge in [-0.3, -0.25) is 18.9 Å². The summed E-state index contributed by atoms with van der Waals surface area (Å²) in [6.07, 6.45) is -2.66. The van der Waals surface area contributed by atoms with Gasteiger partial charge in [0.15, 0.2) is 11.2 Å². The summed E-state index contributed by atoms with van der Waals surface area (Å²) in [5, 5.41) is 0. The van der Waals surface area contributed by atoms with Gasteiger partial charge in [-0.15, -0.1) is 0 Å². The number of phosphoric ester groups is 1. The molecule has 0 spiro atoms. The number of imidazole rings is 1. The van der Waals surface area contributed by atoms with Crippen LogP contribution >= 0.6 is 39.4 Å². The molecule has 24 heteroatoms. The van der Waals surface area contributed by atoms with Gasteiger partial charge in [0.05, 0.1) is 18.5 Å². The molecule has 0 saturated carbocycles. The van der Waals surface area contributed by atoms with Crippen molar-refractivity contribution in [2.75, 3.05) is 18.1 Å². The van der Waals surface area contributed by atoms with Crippen LogP contribution < -0.4 is 17.0 Å². The molecule has 1 aliphatic rings. The van der Waals surface area contributed by atoms with E-state index in [1.165, 1.54) is 23.0 Å². The van der Waals surface area contributed by atoms with Gasteiger partial charge in [-0.1, -0.05) is 15.9 Å². The Kier molecular flexibility index (Phi) is 8.92. The van der Waals surface area contributed by atoms with Crippen LogP contribution in [0.5, 0.6) is 0 Å². The molecule has 4 rings (SSSR count). The molecule has 224 valence electrons. The number of benzene rings is 1. The number of aromatic nitrogens is 4. The minimum absolute atomic E-state index is 0.00824. The summed E-state index contributed by atoms with van der Waals surface area (Å²) in [4.78, 5) is 71.9. The maximum atomic E-state index is 12.9. The zero-order valence-electron chi connectivity index (χ0n) is 20.0. The highest BCUT2D eigenvalue weighted by atomic mass is 79.9. The van der Waals surface area contributed by atoms with Crippen LogP contribution in [-0.4, -0.2) is 63.9 Å². The lowest BCUT2D eigenvalue weighted by Crippen LogP contribution is -2.31. The summed E-state index contributed by atoms with van der Waals surface area (Å²) in [6.45, 7) is -0.936. The first-order valence-electron chi connectivity index (χ1n) is 10.9. The highest BCUT2D eigenvalue weighted by Gasteiger charge is 2.44. The van der Waals surface area contributed by atoms with E-state index in [1.54, 1.807) is 6.07 Å². The number of ether oxygens (including phenoxy) is 2. The lowest BCUT2D eigenvalue weighted by atomic mass is 10.1. The molecule has 41 heavy (non-hydrogen) atoms. The van der Waals surface area contributed by atoms with Gasteiger partial charge in [0, 0.05) is 16.6 Å². The smallest absolute Gasteiger partial charge is 0.456 e. The maximum Gasteiger partial charge on any atom is 0.490 e. The third kappa shape index (κ3) is 7.86. The first-order valence-corrected chi connectivity index (χ1v) is 16.2. The van der Waals surface area contributed by atoms with Crippen molar-refractivity contribution in [2.24, 2.45) is 0 Å². The normalized spacial score (nSPS) is 22.3. The fourth-order valence-electron chi connectivity index (χ4n) is 3.68. The standard InChI is InChI=1S/C17H20BrN6O14P3/c18-7-1-2-9(19)8(3-7)16(26)36-10-4-12(24-6-21-13-14(24)22-17(20)23-15(13)25)35-11(10)5-34-40(30,31)38-41(32,33)37-39(27,28)29/h1-3,6,10-12H,4-5,19H2,(H,30,31)(H,32,33)(H2,27,28,29)(H3,20,22,23,25). The zero-order chi connectivity index (χ0) is 30.3. The number of halogens is 1. The van der Waals surface area contributed by atoms with Crippen LogP contribution in [0, 0.1) is 0 Å². The fourth-order valence-corrected chi connectivity index (χ4v) is 7.07. The van der Waals surface area contributed by atoms with E-state index in [0.29, 0.717) is 4.47 Å². The van der Waals surface area contributed by atoms with E-state index in [-0.39, 0.29) is 34.8 Å². The second-order valence-corrected chi connectivity index (χ2v) is 13.5. The summed E-state index contributed by atoms with van der Waals surface area (Å²) in [7, 11) is -16.9. The molecule has 5 unspecified atom stereocenters. The van der Waals surface area contributed by atoms with E-state index >= 15 is 0 Å². The number of hydrogen-bond donors (Lipinski definition) is 7. The molecule has 20 nitrogen and oxygen atoms in total. The highest BCUT2D eigenvalue weighted by molar-refractivity contribution is 9.10. The Labute approximate surface area is 236 Å². The molecule has 3 heterocycles. The molecule has 0 amide bonds. The van der Waals surface area contributed by atoms with Crippen LogP contribution in [0.1, 0.15) is 23.0 Å². The second-order valence-electron chi connectivity index (χ2n) is 8.20. The minimum Gasteiger partial charge on any atom is -0.456 e. The van der Waals surface area contributed by atoms with Gasteiger partial charge in [0.1, 0.15) is 18.4 Å². The van der Waals surface area contributed by atoms with E-state index in [0.717, 1.165) is 0 Å². The molecule has 1 aromatic carbocycles. The van der Waals surface area contributed by atoms with Gasteiger partial charge in [-0.2, -0.15) is 13.6 Å². The number of carbonyl (C=O) groups is 1. The van der Waals surface area contributed by atoms with E-state index in [1.807, 2.05) is 0 Å². The largest absolute Gasteiger partial charge is 0.490 e. The van der Waals surface area contributed by atoms with Crippen LogP contribution in [0.15, 0.2) is 33.8 Å². The van der Waals surface area contributed by atoms with Gasteiger partial charge >= 0.3 is 29.4 Å². The molecule has 2 aromatic heterocycles. The molecular weight excluding hydrogens is 685 g/mol. The van der Waals surface area contributed by atoms with Crippen LogP contribution in [0.25, 0.3) is 11.2 Å². The Morgan fingerprint density at radius 1 is 1.17 bits per heavy atom. The summed E-state index contributed by atoms with van der Waals surface area (Å²) >= 11 is 3.21. The van der Waals surface area contributed by atoms with Crippen molar-refractivity contribution in [3.05, 3.63) is 44.9 Å². The van der Waals surface area contributed by atoms with Crippen LogP contribution in [-0.2, 0) is 36.3 Å². The van der Waals surface area contributed by atoms with Crippen molar-refractivity contribution in [1.82, 2.24) is 19.5 Å². The number of nitrogen functional groups attached to an aromatic ring is 2. The van der Waals surface area contributed by atoms with Gasteiger partial charge in [-0.05, 0) is 18.2 Å². The number of carbonyl (C=O) groups excluding carboxylic acids is 1. The van der Waals surface area contributed by atoms with Crippen molar-refractivity contribution >= 4 is 68.2 Å². The molecule has 5 atom stereocenters. The summed E-state index contributed by atoms with van der Waals surface area (Å²) in [6, 6.07) is 4.40. The van der Waals surface area contributed by atoms with Gasteiger partial charge in [0.25, 0.3) is 5.56 Å². The number of nitrogens with zero attached hydrogens (tertiary/aromatic N) is 3. The first-order chi connectivity index (χ1) is 18.9. The van der Waals surface area contributed by atoms with Gasteiger partial charge < -0.3 is 40.5 Å². The number of nitrogens with two attached hydrogens (primary N) is 2. The Morgan fingerprint density at radius 3 is 2.56 bits per heavy atom. The monoisotopic (exact) mass is 704 g/mol. The number of rotatable bonds is 10. The molecule has 1 saturated heterocycles. The van der Waals surface area contributed by atoms with Crippen molar-refractivity contribution < 1.29 is 60.7 Å². The summed E-state index contributed by atoms with van der Waals surface area (Å²) < 4.78 is 59.9. The predicted octanol–water partition coefficient (Wildman–Crippen LogP) is 0.903. The Morgan fingerprint density at radius 2 is 1.88 bits per heavy atom. The van der Waals surface area contributed by atoms with Crippen LogP contribution in [0.2, 0.25) is 0 Å². The zero-order valence-corrected chi connectivity index (χ0v) is 24.3. The maximum absolute atomic E-state index is 12.9. The van der Waals surface area contributed by atoms with Gasteiger partial charge in [0.2, 0.25) is 5.95 Å². The number of H-pyrrole nitrogens is 1. The van der Waals surface area contributed by atoms with Crippen LogP contribution in [0.4, 0.5) is 11.6 Å². The third-order valence-electron chi connectivity index (χ3n) is 5.25. The molecule has 1 fully saturated rings.